The van der Waals surface area contributed by atoms with E-state index in [4.69, 9.17) is 31.4 Å². The molecule has 9 heteroatoms. The number of thiazole rings is 1. The van der Waals surface area contributed by atoms with Crippen LogP contribution in [-0.4, -0.2) is 34.1 Å². The highest BCUT2D eigenvalue weighted by atomic mass is 35.5. The molecule has 5 rings (SSSR count). The van der Waals surface area contributed by atoms with Crippen molar-refractivity contribution in [1.82, 2.24) is 9.97 Å². The van der Waals surface area contributed by atoms with Gasteiger partial charge in [-0.05, 0) is 54.5 Å². The second-order valence-corrected chi connectivity index (χ2v) is 11.6. The summed E-state index contributed by atoms with van der Waals surface area (Å²) in [4.78, 5) is 22.7. The van der Waals surface area contributed by atoms with Crippen LogP contribution in [0.3, 0.4) is 0 Å². The van der Waals surface area contributed by atoms with Crippen LogP contribution in [0.5, 0.6) is 5.75 Å². The summed E-state index contributed by atoms with van der Waals surface area (Å²) in [5.41, 5.74) is 5.25. The maximum absolute atomic E-state index is 13.0. The minimum absolute atomic E-state index is 0.0237. The quantitative estimate of drug-likeness (QED) is 0.301. The molecule has 2 aliphatic carbocycles. The number of aliphatic hydroxyl groups excluding tert-OH is 1. The van der Waals surface area contributed by atoms with Gasteiger partial charge < -0.3 is 9.84 Å². The van der Waals surface area contributed by atoms with E-state index in [1.807, 2.05) is 18.2 Å². The van der Waals surface area contributed by atoms with Gasteiger partial charge in [-0.1, -0.05) is 48.5 Å². The van der Waals surface area contributed by atoms with E-state index in [1.54, 1.807) is 23.5 Å². The molecule has 0 aliphatic heterocycles. The first-order valence-electron chi connectivity index (χ1n) is 12.5. The van der Waals surface area contributed by atoms with Crippen molar-refractivity contribution in [3.63, 3.8) is 0 Å². The van der Waals surface area contributed by atoms with Gasteiger partial charge in [0, 0.05) is 33.7 Å². The van der Waals surface area contributed by atoms with Gasteiger partial charge in [-0.25, -0.2) is 9.97 Å². The van der Waals surface area contributed by atoms with Crippen molar-refractivity contribution in [2.24, 2.45) is 5.92 Å². The molecule has 2 heterocycles. The lowest BCUT2D eigenvalue weighted by molar-refractivity contribution is 0.0972. The van der Waals surface area contributed by atoms with Crippen LogP contribution in [0.4, 0.5) is 0 Å². The zero-order valence-electron chi connectivity index (χ0n) is 20.9. The molecular formula is C29H26ClN3O3S2. The number of fused-ring (bicyclic) bond motifs is 1. The predicted molar refractivity (Wildman–Crippen MR) is 152 cm³/mol. The molecule has 2 aliphatic rings. The number of halogens is 1. The number of aromatic nitrogens is 2. The number of aliphatic hydroxyl groups is 1. The van der Waals surface area contributed by atoms with Gasteiger partial charge in [-0.3, -0.25) is 4.79 Å². The van der Waals surface area contributed by atoms with Crippen molar-refractivity contribution in [2.75, 3.05) is 13.2 Å². The maximum atomic E-state index is 13.0. The molecule has 1 unspecified atom stereocenters. The maximum Gasteiger partial charge on any atom is 0.165 e. The number of ketones is 1. The van der Waals surface area contributed by atoms with Crippen LogP contribution in [-0.2, 0) is 12.2 Å². The van der Waals surface area contributed by atoms with Gasteiger partial charge in [0.1, 0.15) is 28.5 Å². The molecule has 0 bridgehead atoms. The van der Waals surface area contributed by atoms with Crippen molar-refractivity contribution in [2.45, 2.75) is 43.4 Å². The summed E-state index contributed by atoms with van der Waals surface area (Å²) in [5.74, 6) is 1.52. The largest absolute Gasteiger partial charge is 0.491 e. The molecule has 1 atom stereocenters. The number of nitriles is 1. The molecule has 38 heavy (non-hydrogen) atoms. The Balaban J connectivity index is 1.47. The first-order chi connectivity index (χ1) is 18.5. The van der Waals surface area contributed by atoms with E-state index in [-0.39, 0.29) is 19.0 Å². The number of aryl methyl sites for hydroxylation is 1. The lowest BCUT2D eigenvalue weighted by atomic mass is 9.86. The topological polar surface area (TPSA) is 96.1 Å². The molecule has 194 valence electrons. The van der Waals surface area contributed by atoms with E-state index in [2.05, 4.69) is 24.4 Å². The third kappa shape index (κ3) is 5.57. The van der Waals surface area contributed by atoms with Gasteiger partial charge in [-0.15, -0.1) is 11.3 Å². The normalized spacial score (nSPS) is 16.9. The summed E-state index contributed by atoms with van der Waals surface area (Å²) in [6, 6.07) is 9.63. The van der Waals surface area contributed by atoms with Crippen molar-refractivity contribution in [1.29, 1.82) is 5.26 Å². The Morgan fingerprint density at radius 2 is 2.03 bits per heavy atom. The summed E-state index contributed by atoms with van der Waals surface area (Å²) >= 11 is 9.28. The summed E-state index contributed by atoms with van der Waals surface area (Å²) in [5, 5.41) is 23.8. The number of pyridine rings is 1. The Hall–Kier alpha value is -2.96. The number of allylic oxidation sites excluding steroid dienone is 4. The zero-order chi connectivity index (χ0) is 26.6. The van der Waals surface area contributed by atoms with Crippen molar-refractivity contribution >= 4 is 46.1 Å². The highest BCUT2D eigenvalue weighted by Gasteiger charge is 2.28. The van der Waals surface area contributed by atoms with E-state index in [1.165, 1.54) is 17.3 Å². The Morgan fingerprint density at radius 3 is 2.76 bits per heavy atom. The van der Waals surface area contributed by atoms with E-state index in [0.29, 0.717) is 52.0 Å². The smallest absolute Gasteiger partial charge is 0.165 e. The highest BCUT2D eigenvalue weighted by Crippen LogP contribution is 2.40. The van der Waals surface area contributed by atoms with E-state index < -0.39 is 0 Å². The number of thioether (sulfide) groups is 1. The van der Waals surface area contributed by atoms with E-state index in [9.17, 15) is 10.1 Å². The Bertz CT molecular complexity index is 1470. The molecule has 3 aromatic rings. The predicted octanol–water partition coefficient (Wildman–Crippen LogP) is 6.81. The fraction of sp³-hybridized carbons (Fsp3) is 0.310. The minimum atomic E-state index is -0.0736. The van der Waals surface area contributed by atoms with Gasteiger partial charge in [-0.2, -0.15) is 5.26 Å². The minimum Gasteiger partial charge on any atom is -0.491 e. The van der Waals surface area contributed by atoms with Crippen LogP contribution >= 0.6 is 34.7 Å². The molecule has 0 saturated heterocycles. The molecule has 0 radical (unpaired) electrons. The number of hydrogen-bond donors (Lipinski definition) is 1. The standard InChI is InChI=1S/C29H26ClN3O3S2/c1-17-13-19(30)7-10-22(17)28-32-20(15-37-28)16-38-29-23(14-31)26(27-24(33-29)3-2-4-25(27)35)18-5-8-21(9-6-18)36-12-11-34/h5-10,15,17,34H,2-4,11-13,16H2,1H3. The number of Topliss-reactive ketones (excluding diaryl/α,β-unsaturated/α-hetero) is 1. The SMILES string of the molecule is CC1CC(Cl)=CC=C1c1nc(CSc2nc3c(c(-c4ccc(OCCO)cc4)c2C#N)C(=O)CCC3)cs1. The number of ether oxygens (including phenoxy) is 1. The number of benzene rings is 1. The van der Waals surface area contributed by atoms with Crippen LogP contribution in [0.15, 0.2) is 51.9 Å². The first-order valence-corrected chi connectivity index (χ1v) is 14.7. The van der Waals surface area contributed by atoms with Gasteiger partial charge in [0.25, 0.3) is 0 Å². The molecule has 0 amide bonds. The second-order valence-electron chi connectivity index (χ2n) is 9.25. The van der Waals surface area contributed by atoms with Crippen molar-refractivity contribution in [3.8, 4) is 22.9 Å². The number of hydrogen-bond acceptors (Lipinski definition) is 8. The summed E-state index contributed by atoms with van der Waals surface area (Å²) in [7, 11) is 0. The lowest BCUT2D eigenvalue weighted by Crippen LogP contribution is -2.16. The average molecular weight is 564 g/mol. The molecule has 1 N–H and O–H groups in total. The van der Waals surface area contributed by atoms with Crippen molar-refractivity contribution in [3.05, 3.63) is 74.4 Å². The Kier molecular flexibility index (Phi) is 8.29. The average Bonchev–Trinajstić information content (AvgIpc) is 3.39. The van der Waals surface area contributed by atoms with Crippen LogP contribution in [0.25, 0.3) is 16.7 Å². The van der Waals surface area contributed by atoms with Gasteiger partial charge in [0.05, 0.1) is 23.6 Å². The summed E-state index contributed by atoms with van der Waals surface area (Å²) < 4.78 is 5.49. The third-order valence-corrected chi connectivity index (χ3v) is 8.81. The van der Waals surface area contributed by atoms with Gasteiger partial charge in [0.2, 0.25) is 0 Å². The number of carbonyl (C=O) groups excluding carboxylic acids is 1. The Morgan fingerprint density at radius 1 is 1.21 bits per heavy atom. The molecule has 6 nitrogen and oxygen atoms in total. The lowest BCUT2D eigenvalue weighted by Gasteiger charge is -2.21. The molecule has 0 spiro atoms. The highest BCUT2D eigenvalue weighted by molar-refractivity contribution is 7.98. The monoisotopic (exact) mass is 563 g/mol. The van der Waals surface area contributed by atoms with Crippen LogP contribution in [0.1, 0.15) is 58.5 Å². The Labute approximate surface area is 235 Å². The molecule has 0 fully saturated rings. The summed E-state index contributed by atoms with van der Waals surface area (Å²) in [6.45, 7) is 2.28. The van der Waals surface area contributed by atoms with Gasteiger partial charge >= 0.3 is 0 Å². The van der Waals surface area contributed by atoms with Crippen LogP contribution in [0, 0.1) is 17.2 Å². The van der Waals surface area contributed by atoms with Crippen LogP contribution in [0.2, 0.25) is 0 Å². The van der Waals surface area contributed by atoms with Crippen molar-refractivity contribution < 1.29 is 14.6 Å². The molecule has 0 saturated carbocycles. The first kappa shape index (κ1) is 26.6. The molecule has 1 aromatic carbocycles. The molecule has 2 aromatic heterocycles. The van der Waals surface area contributed by atoms with Crippen LogP contribution < -0.4 is 4.74 Å². The fourth-order valence-electron chi connectivity index (χ4n) is 4.76. The number of carbonyl (C=O) groups is 1. The number of rotatable bonds is 8. The van der Waals surface area contributed by atoms with E-state index >= 15 is 0 Å². The summed E-state index contributed by atoms with van der Waals surface area (Å²) in [6.07, 6.45) is 6.72. The van der Waals surface area contributed by atoms with E-state index in [0.717, 1.165) is 39.8 Å². The fourth-order valence-corrected chi connectivity index (χ4v) is 7.01. The van der Waals surface area contributed by atoms with Gasteiger partial charge in [0.15, 0.2) is 5.78 Å². The molecular weight excluding hydrogens is 538 g/mol. The third-order valence-electron chi connectivity index (χ3n) is 6.58. The number of nitrogens with zero attached hydrogens (tertiary/aromatic N) is 3. The zero-order valence-corrected chi connectivity index (χ0v) is 23.3. The second kappa shape index (κ2) is 11.8.